The lowest BCUT2D eigenvalue weighted by atomic mass is 10.1. The van der Waals surface area contributed by atoms with Crippen LogP contribution in [0, 0.1) is 0 Å². The number of ether oxygens (including phenoxy) is 1. The van der Waals surface area contributed by atoms with Gasteiger partial charge in [-0.2, -0.15) is 0 Å². The van der Waals surface area contributed by atoms with E-state index in [2.05, 4.69) is 9.59 Å². The van der Waals surface area contributed by atoms with Crippen molar-refractivity contribution in [3.63, 3.8) is 0 Å². The summed E-state index contributed by atoms with van der Waals surface area (Å²) in [5, 5.41) is 3.92. The first kappa shape index (κ1) is 10.3. The van der Waals surface area contributed by atoms with Gasteiger partial charge in [0.1, 0.15) is 4.88 Å². The van der Waals surface area contributed by atoms with Gasteiger partial charge < -0.3 is 4.74 Å². The molecule has 0 bridgehead atoms. The van der Waals surface area contributed by atoms with Crippen molar-refractivity contribution in [3.8, 4) is 0 Å². The van der Waals surface area contributed by atoms with E-state index >= 15 is 0 Å². The van der Waals surface area contributed by atoms with Crippen LogP contribution in [-0.2, 0) is 11.2 Å². The van der Waals surface area contributed by atoms with Crippen molar-refractivity contribution >= 4 is 17.3 Å². The third kappa shape index (κ3) is 2.07. The minimum atomic E-state index is -0.0680. The number of carbonyl (C=O) groups is 1. The smallest absolute Gasteiger partial charge is 0.240 e. The molecule has 15 heavy (non-hydrogen) atoms. The molecule has 1 aliphatic heterocycles. The molecule has 2 rings (SSSR count). The molecule has 0 saturated carbocycles. The maximum atomic E-state index is 12.0. The van der Waals surface area contributed by atoms with Crippen LogP contribution in [0.4, 0.5) is 0 Å². The second kappa shape index (κ2) is 4.53. The zero-order valence-corrected chi connectivity index (χ0v) is 9.34. The number of hydrogen-bond acceptors (Lipinski definition) is 5. The average Bonchev–Trinajstić information content (AvgIpc) is 2.77. The Balaban J connectivity index is 2.23. The second-order valence-electron chi connectivity index (χ2n) is 3.29. The largest absolute Gasteiger partial charge is 0.490 e. The first-order chi connectivity index (χ1) is 7.33. The minimum absolute atomic E-state index is 0.0680. The maximum Gasteiger partial charge on any atom is 0.240 e. The molecule has 0 atom stereocenters. The van der Waals surface area contributed by atoms with Crippen LogP contribution in [0.2, 0.25) is 0 Å². The standard InChI is InChI=1S/C10H12N2O2S/c1-2-7-10(15-12-11-7)9(13)8-5-3-4-6-14-8/h5H,2-4,6H2,1H3. The predicted octanol–water partition coefficient (Wildman–Crippen LogP) is 1.98. The van der Waals surface area contributed by atoms with Crippen LogP contribution < -0.4 is 0 Å². The number of Topliss-reactive ketones (excluding diaryl/α,β-unsaturated/α-hetero) is 1. The van der Waals surface area contributed by atoms with Gasteiger partial charge in [0.05, 0.1) is 12.3 Å². The van der Waals surface area contributed by atoms with Crippen molar-refractivity contribution in [2.75, 3.05) is 6.61 Å². The van der Waals surface area contributed by atoms with Crippen molar-refractivity contribution < 1.29 is 9.53 Å². The lowest BCUT2D eigenvalue weighted by molar-refractivity contribution is 0.0902. The molecule has 0 aliphatic carbocycles. The van der Waals surface area contributed by atoms with Crippen molar-refractivity contribution in [1.82, 2.24) is 9.59 Å². The van der Waals surface area contributed by atoms with Crippen molar-refractivity contribution in [2.24, 2.45) is 0 Å². The van der Waals surface area contributed by atoms with E-state index in [1.165, 1.54) is 0 Å². The van der Waals surface area contributed by atoms with E-state index in [1.54, 1.807) is 0 Å². The van der Waals surface area contributed by atoms with E-state index in [0.717, 1.165) is 36.5 Å². The molecule has 0 aromatic carbocycles. The zero-order valence-electron chi connectivity index (χ0n) is 8.52. The molecule has 0 spiro atoms. The molecule has 5 heteroatoms. The van der Waals surface area contributed by atoms with Crippen molar-refractivity contribution in [3.05, 3.63) is 22.4 Å². The Morgan fingerprint density at radius 1 is 1.67 bits per heavy atom. The number of nitrogens with zero attached hydrogens (tertiary/aromatic N) is 2. The minimum Gasteiger partial charge on any atom is -0.490 e. The van der Waals surface area contributed by atoms with Crippen LogP contribution >= 0.6 is 11.5 Å². The van der Waals surface area contributed by atoms with Gasteiger partial charge in [0.15, 0.2) is 5.76 Å². The lowest BCUT2D eigenvalue weighted by Crippen LogP contribution is -2.11. The van der Waals surface area contributed by atoms with E-state index < -0.39 is 0 Å². The Labute approximate surface area is 92.1 Å². The normalized spacial score (nSPS) is 15.7. The predicted molar refractivity (Wildman–Crippen MR) is 56.9 cm³/mol. The summed E-state index contributed by atoms with van der Waals surface area (Å²) in [5.41, 5.74) is 0.764. The highest BCUT2D eigenvalue weighted by molar-refractivity contribution is 7.08. The molecule has 1 aromatic heterocycles. The SMILES string of the molecule is CCc1nnsc1C(=O)C1=CCCCO1. The Bertz CT molecular complexity index is 398. The second-order valence-corrected chi connectivity index (χ2v) is 4.04. The Morgan fingerprint density at radius 3 is 3.20 bits per heavy atom. The number of allylic oxidation sites excluding steroid dienone is 2. The van der Waals surface area contributed by atoms with Crippen LogP contribution in [0.15, 0.2) is 11.8 Å². The first-order valence-corrected chi connectivity index (χ1v) is 5.79. The van der Waals surface area contributed by atoms with Crippen molar-refractivity contribution in [1.29, 1.82) is 0 Å². The Hall–Kier alpha value is -1.23. The number of aryl methyl sites for hydroxylation is 1. The number of aromatic nitrogens is 2. The van der Waals surface area contributed by atoms with Gasteiger partial charge in [0, 0.05) is 0 Å². The fraction of sp³-hybridized carbons (Fsp3) is 0.500. The van der Waals surface area contributed by atoms with Crippen LogP contribution in [-0.4, -0.2) is 22.0 Å². The third-order valence-corrected chi connectivity index (χ3v) is 3.02. The molecule has 0 unspecified atom stereocenters. The maximum absolute atomic E-state index is 12.0. The van der Waals surface area contributed by atoms with E-state index in [4.69, 9.17) is 4.74 Å². The van der Waals surface area contributed by atoms with E-state index in [9.17, 15) is 4.79 Å². The van der Waals surface area contributed by atoms with Gasteiger partial charge in [-0.25, -0.2) is 0 Å². The quantitative estimate of drug-likeness (QED) is 0.737. The molecule has 0 N–H and O–H groups in total. The lowest BCUT2D eigenvalue weighted by Gasteiger charge is -2.12. The topological polar surface area (TPSA) is 52.1 Å². The van der Waals surface area contributed by atoms with Gasteiger partial charge in [0.25, 0.3) is 0 Å². The number of carbonyl (C=O) groups excluding carboxylic acids is 1. The number of hydrogen-bond donors (Lipinski definition) is 0. The highest BCUT2D eigenvalue weighted by Crippen LogP contribution is 2.20. The molecular formula is C10H12N2O2S. The highest BCUT2D eigenvalue weighted by Gasteiger charge is 2.21. The summed E-state index contributed by atoms with van der Waals surface area (Å²) in [6.45, 7) is 2.59. The van der Waals surface area contributed by atoms with Crippen LogP contribution in [0.1, 0.15) is 35.1 Å². The fourth-order valence-corrected chi connectivity index (χ4v) is 2.14. The molecule has 1 aliphatic rings. The summed E-state index contributed by atoms with van der Waals surface area (Å²) in [6, 6.07) is 0. The molecule has 0 fully saturated rings. The average molecular weight is 224 g/mol. The van der Waals surface area contributed by atoms with Crippen LogP contribution in [0.5, 0.6) is 0 Å². The molecule has 0 radical (unpaired) electrons. The number of rotatable bonds is 3. The monoisotopic (exact) mass is 224 g/mol. The highest BCUT2D eigenvalue weighted by atomic mass is 32.1. The Morgan fingerprint density at radius 2 is 2.53 bits per heavy atom. The molecule has 0 amide bonds. The summed E-state index contributed by atoms with van der Waals surface area (Å²) in [4.78, 5) is 12.6. The Kier molecular flexibility index (Phi) is 3.11. The van der Waals surface area contributed by atoms with Gasteiger partial charge in [-0.1, -0.05) is 11.4 Å². The molecule has 2 heterocycles. The van der Waals surface area contributed by atoms with E-state index in [1.807, 2.05) is 13.0 Å². The van der Waals surface area contributed by atoms with Crippen LogP contribution in [0.3, 0.4) is 0 Å². The summed E-state index contributed by atoms with van der Waals surface area (Å²) < 4.78 is 9.12. The van der Waals surface area contributed by atoms with Crippen molar-refractivity contribution in [2.45, 2.75) is 26.2 Å². The third-order valence-electron chi connectivity index (χ3n) is 2.26. The molecule has 4 nitrogen and oxygen atoms in total. The van der Waals surface area contributed by atoms with E-state index in [-0.39, 0.29) is 5.78 Å². The fourth-order valence-electron chi connectivity index (χ4n) is 1.44. The zero-order chi connectivity index (χ0) is 10.7. The molecule has 1 aromatic rings. The molecule has 0 saturated heterocycles. The summed E-state index contributed by atoms with van der Waals surface area (Å²) in [6.07, 6.45) is 4.48. The van der Waals surface area contributed by atoms with Gasteiger partial charge >= 0.3 is 0 Å². The van der Waals surface area contributed by atoms with Gasteiger partial charge in [-0.15, -0.1) is 5.10 Å². The first-order valence-electron chi connectivity index (χ1n) is 5.01. The summed E-state index contributed by atoms with van der Waals surface area (Å²) in [7, 11) is 0. The molecule has 80 valence electrons. The number of ketones is 1. The van der Waals surface area contributed by atoms with Gasteiger partial charge in [-0.3, -0.25) is 4.79 Å². The van der Waals surface area contributed by atoms with Gasteiger partial charge in [-0.05, 0) is 36.9 Å². The van der Waals surface area contributed by atoms with Crippen LogP contribution in [0.25, 0.3) is 0 Å². The summed E-state index contributed by atoms with van der Waals surface area (Å²) in [5.74, 6) is 0.392. The van der Waals surface area contributed by atoms with Gasteiger partial charge in [0.2, 0.25) is 5.78 Å². The summed E-state index contributed by atoms with van der Waals surface area (Å²) >= 11 is 1.14. The van der Waals surface area contributed by atoms with E-state index in [0.29, 0.717) is 17.2 Å². The molecular weight excluding hydrogens is 212 g/mol.